The lowest BCUT2D eigenvalue weighted by Crippen LogP contribution is -2.40. The maximum Gasteiger partial charge on any atom is 0.312 e. The van der Waals surface area contributed by atoms with Crippen LogP contribution in [-0.2, 0) is 6.54 Å². The molecular weight excluding hydrogens is 272 g/mol. The molecule has 0 fully saturated rings. The number of nitrogens with one attached hydrogen (secondary N) is 1. The van der Waals surface area contributed by atoms with Crippen LogP contribution in [0.5, 0.6) is 0 Å². The molecule has 0 bridgehead atoms. The van der Waals surface area contributed by atoms with E-state index in [4.69, 9.17) is 0 Å². The van der Waals surface area contributed by atoms with Gasteiger partial charge in [-0.1, -0.05) is 20.8 Å². The quantitative estimate of drug-likeness (QED) is 0.564. The van der Waals surface area contributed by atoms with Crippen molar-refractivity contribution in [3.05, 3.63) is 21.5 Å². The minimum Gasteiger partial charge on any atom is -0.390 e. The van der Waals surface area contributed by atoms with Crippen LogP contribution >= 0.6 is 0 Å². The van der Waals surface area contributed by atoms with Crippen molar-refractivity contribution in [2.75, 3.05) is 6.54 Å². The van der Waals surface area contributed by atoms with Gasteiger partial charge in [-0.15, -0.1) is 0 Å². The smallest absolute Gasteiger partial charge is 0.312 e. The zero-order valence-electron chi connectivity index (χ0n) is 13.5. The fourth-order valence-electron chi connectivity index (χ4n) is 2.53. The molecule has 0 radical (unpaired) electrons. The average Bonchev–Trinajstić information content (AvgIpc) is 2.64. The van der Waals surface area contributed by atoms with E-state index in [1.807, 2.05) is 0 Å². The van der Waals surface area contributed by atoms with Crippen LogP contribution in [0.4, 0.5) is 5.69 Å². The molecule has 2 N–H and O–H groups in total. The Kier molecular flexibility index (Phi) is 6.29. The van der Waals surface area contributed by atoms with Crippen molar-refractivity contribution in [2.24, 2.45) is 5.92 Å². The van der Waals surface area contributed by atoms with Crippen molar-refractivity contribution in [1.82, 2.24) is 15.1 Å². The lowest BCUT2D eigenvalue weighted by atomic mass is 10.0. The molecule has 0 saturated carbocycles. The number of rotatable bonds is 8. The molecule has 1 rings (SSSR count). The van der Waals surface area contributed by atoms with E-state index in [0.29, 0.717) is 29.9 Å². The fraction of sp³-hybridized carbons (Fsp3) is 0.786. The molecule has 2 atom stereocenters. The summed E-state index contributed by atoms with van der Waals surface area (Å²) in [5.41, 5.74) is 0.891. The molecule has 0 aliphatic heterocycles. The monoisotopic (exact) mass is 298 g/mol. The van der Waals surface area contributed by atoms with Crippen LogP contribution in [0.15, 0.2) is 0 Å². The van der Waals surface area contributed by atoms with Crippen LogP contribution in [0.1, 0.15) is 38.6 Å². The maximum absolute atomic E-state index is 10.9. The number of hydrogen-bond donors (Lipinski definition) is 2. The molecule has 0 aromatic carbocycles. The van der Waals surface area contributed by atoms with Gasteiger partial charge in [-0.2, -0.15) is 5.10 Å². The number of hydrogen-bond acceptors (Lipinski definition) is 5. The number of aromatic nitrogens is 2. The van der Waals surface area contributed by atoms with Gasteiger partial charge in [-0.05, 0) is 26.2 Å². The van der Waals surface area contributed by atoms with Gasteiger partial charge in [-0.25, -0.2) is 0 Å². The second-order valence-corrected chi connectivity index (χ2v) is 5.78. The predicted octanol–water partition coefficient (Wildman–Crippen LogP) is 1.79. The van der Waals surface area contributed by atoms with E-state index in [2.05, 4.69) is 31.2 Å². The minimum absolute atomic E-state index is 0.0313. The lowest BCUT2D eigenvalue weighted by Gasteiger charge is -2.22. The first-order valence-corrected chi connectivity index (χ1v) is 7.37. The molecule has 0 saturated heterocycles. The Hall–Kier alpha value is -1.47. The molecular formula is C14H26N4O3. The largest absolute Gasteiger partial charge is 0.390 e. The summed E-state index contributed by atoms with van der Waals surface area (Å²) in [5.74, 6) is 0.497. The Morgan fingerprint density at radius 1 is 1.43 bits per heavy atom. The van der Waals surface area contributed by atoms with Gasteiger partial charge in [0.15, 0.2) is 0 Å². The van der Waals surface area contributed by atoms with E-state index in [0.717, 1.165) is 6.42 Å². The summed E-state index contributed by atoms with van der Waals surface area (Å²) < 4.78 is 1.51. The van der Waals surface area contributed by atoms with Gasteiger partial charge < -0.3 is 10.4 Å². The second-order valence-electron chi connectivity index (χ2n) is 5.78. The van der Waals surface area contributed by atoms with Gasteiger partial charge >= 0.3 is 5.69 Å². The maximum atomic E-state index is 10.9. The summed E-state index contributed by atoms with van der Waals surface area (Å²) in [6, 6.07) is 0.356. The van der Waals surface area contributed by atoms with E-state index < -0.39 is 11.0 Å². The standard InChI is InChI=1S/C14H26N4O3/c1-6-13(9(2)3)15-7-12(19)8-17-11(5)14(18(20)21)10(4)16-17/h9,12-13,15,19H,6-8H2,1-5H3. The van der Waals surface area contributed by atoms with E-state index in [1.165, 1.54) is 4.68 Å². The first kappa shape index (κ1) is 17.6. The molecule has 0 spiro atoms. The molecule has 0 aliphatic rings. The van der Waals surface area contributed by atoms with Crippen molar-refractivity contribution in [3.8, 4) is 0 Å². The van der Waals surface area contributed by atoms with Crippen molar-refractivity contribution in [2.45, 2.75) is 59.7 Å². The van der Waals surface area contributed by atoms with Crippen LogP contribution < -0.4 is 5.32 Å². The molecule has 0 aliphatic carbocycles. The molecule has 120 valence electrons. The third kappa shape index (κ3) is 4.50. The van der Waals surface area contributed by atoms with Crippen LogP contribution in [-0.4, -0.2) is 38.5 Å². The Morgan fingerprint density at radius 2 is 2.05 bits per heavy atom. The van der Waals surface area contributed by atoms with Gasteiger partial charge in [0.25, 0.3) is 0 Å². The second kappa shape index (κ2) is 7.51. The summed E-state index contributed by atoms with van der Waals surface area (Å²) in [5, 5.41) is 28.5. The summed E-state index contributed by atoms with van der Waals surface area (Å²) in [7, 11) is 0. The zero-order valence-corrected chi connectivity index (χ0v) is 13.5. The average molecular weight is 298 g/mol. The highest BCUT2D eigenvalue weighted by molar-refractivity contribution is 5.39. The summed E-state index contributed by atoms with van der Waals surface area (Å²) in [6.07, 6.45) is 0.367. The Labute approximate surface area is 125 Å². The molecule has 7 heteroatoms. The van der Waals surface area contributed by atoms with E-state index in [1.54, 1.807) is 13.8 Å². The molecule has 2 unspecified atom stereocenters. The van der Waals surface area contributed by atoms with Crippen molar-refractivity contribution in [3.63, 3.8) is 0 Å². The first-order chi connectivity index (χ1) is 9.77. The number of nitrogens with zero attached hydrogens (tertiary/aromatic N) is 3. The fourth-order valence-corrected chi connectivity index (χ4v) is 2.53. The first-order valence-electron chi connectivity index (χ1n) is 7.37. The van der Waals surface area contributed by atoms with Crippen molar-refractivity contribution in [1.29, 1.82) is 0 Å². The molecule has 7 nitrogen and oxygen atoms in total. The van der Waals surface area contributed by atoms with Crippen LogP contribution in [0.2, 0.25) is 0 Å². The van der Waals surface area contributed by atoms with E-state index >= 15 is 0 Å². The predicted molar refractivity (Wildman–Crippen MR) is 81.3 cm³/mol. The highest BCUT2D eigenvalue weighted by Gasteiger charge is 2.23. The highest BCUT2D eigenvalue weighted by Crippen LogP contribution is 2.21. The Morgan fingerprint density at radius 3 is 2.48 bits per heavy atom. The molecule has 21 heavy (non-hydrogen) atoms. The van der Waals surface area contributed by atoms with Crippen LogP contribution in [0.3, 0.4) is 0 Å². The molecule has 1 aromatic rings. The van der Waals surface area contributed by atoms with Gasteiger partial charge in [-0.3, -0.25) is 14.8 Å². The van der Waals surface area contributed by atoms with Crippen molar-refractivity contribution >= 4 is 5.69 Å². The van der Waals surface area contributed by atoms with Gasteiger partial charge in [0.1, 0.15) is 11.4 Å². The van der Waals surface area contributed by atoms with Gasteiger partial charge in [0.05, 0.1) is 17.6 Å². The Bertz CT molecular complexity index is 485. The van der Waals surface area contributed by atoms with Gasteiger partial charge in [0.2, 0.25) is 0 Å². The number of aliphatic hydroxyl groups is 1. The lowest BCUT2D eigenvalue weighted by molar-refractivity contribution is -0.386. The Balaban J connectivity index is 2.65. The van der Waals surface area contributed by atoms with E-state index in [-0.39, 0.29) is 12.2 Å². The molecule has 1 aromatic heterocycles. The molecule has 1 heterocycles. The third-order valence-electron chi connectivity index (χ3n) is 3.77. The normalized spacial score (nSPS) is 14.4. The third-order valence-corrected chi connectivity index (χ3v) is 3.77. The summed E-state index contributed by atoms with van der Waals surface area (Å²) in [6.45, 7) is 10.3. The number of aryl methyl sites for hydroxylation is 1. The minimum atomic E-state index is -0.629. The van der Waals surface area contributed by atoms with Crippen molar-refractivity contribution < 1.29 is 10.0 Å². The SMILES string of the molecule is CCC(NCC(O)Cn1nc(C)c([N+](=O)[O-])c1C)C(C)C. The summed E-state index contributed by atoms with van der Waals surface area (Å²) in [4.78, 5) is 10.5. The number of aliphatic hydroxyl groups excluding tert-OH is 1. The molecule has 0 amide bonds. The zero-order chi connectivity index (χ0) is 16.2. The van der Waals surface area contributed by atoms with Crippen LogP contribution in [0.25, 0.3) is 0 Å². The van der Waals surface area contributed by atoms with Crippen LogP contribution in [0, 0.1) is 29.9 Å². The highest BCUT2D eigenvalue weighted by atomic mass is 16.6. The van der Waals surface area contributed by atoms with E-state index in [9.17, 15) is 15.2 Å². The number of nitro groups is 1. The van der Waals surface area contributed by atoms with Gasteiger partial charge in [0, 0.05) is 12.6 Å². The summed E-state index contributed by atoms with van der Waals surface area (Å²) >= 11 is 0. The topological polar surface area (TPSA) is 93.2 Å².